The Morgan fingerprint density at radius 3 is 2.83 bits per heavy atom. The molecule has 0 unspecified atom stereocenters. The molecule has 0 radical (unpaired) electrons. The summed E-state index contributed by atoms with van der Waals surface area (Å²) < 4.78 is 35.6. The molecule has 24 heavy (non-hydrogen) atoms. The number of nitrogens with zero attached hydrogens (tertiary/aromatic N) is 3. The van der Waals surface area contributed by atoms with E-state index < -0.39 is 15.8 Å². The maximum Gasteiger partial charge on any atom is 0.419 e. The number of sulfonamides is 1. The van der Waals surface area contributed by atoms with E-state index in [4.69, 9.17) is 4.42 Å². The molecule has 0 aliphatic heterocycles. The van der Waals surface area contributed by atoms with Gasteiger partial charge in [-0.1, -0.05) is 0 Å². The highest BCUT2D eigenvalue weighted by Crippen LogP contribution is 2.21. The number of oxazole rings is 1. The molecule has 0 aliphatic carbocycles. The number of benzene rings is 1. The van der Waals surface area contributed by atoms with E-state index in [1.165, 1.54) is 29.8 Å². The second-order valence-corrected chi connectivity index (χ2v) is 6.96. The average Bonchev–Trinajstić information content (AvgIpc) is 3.11. The van der Waals surface area contributed by atoms with Gasteiger partial charge in [0.05, 0.1) is 21.6 Å². The van der Waals surface area contributed by atoms with E-state index >= 15 is 0 Å². The Labute approximate surface area is 136 Å². The summed E-state index contributed by atoms with van der Waals surface area (Å²) in [6.45, 7) is 0. The van der Waals surface area contributed by atoms with Crippen LogP contribution < -0.4 is 10.5 Å². The molecule has 8 nitrogen and oxygen atoms in total. The van der Waals surface area contributed by atoms with Crippen molar-refractivity contribution in [1.82, 2.24) is 14.2 Å². The highest BCUT2D eigenvalue weighted by Gasteiger charge is 2.17. The van der Waals surface area contributed by atoms with Crippen LogP contribution in [0.4, 0.5) is 5.69 Å². The summed E-state index contributed by atoms with van der Waals surface area (Å²) in [4.78, 5) is 11.6. The Morgan fingerprint density at radius 1 is 1.17 bits per heavy atom. The third-order valence-electron chi connectivity index (χ3n) is 3.72. The smallest absolute Gasteiger partial charge is 0.408 e. The van der Waals surface area contributed by atoms with E-state index in [2.05, 4.69) is 9.82 Å². The number of pyridine rings is 1. The molecule has 1 N–H and O–H groups in total. The highest BCUT2D eigenvalue weighted by molar-refractivity contribution is 7.92. The van der Waals surface area contributed by atoms with Crippen LogP contribution >= 0.6 is 0 Å². The number of aryl methyl sites for hydroxylation is 1. The van der Waals surface area contributed by atoms with E-state index in [9.17, 15) is 13.2 Å². The number of hydrogen-bond acceptors (Lipinski definition) is 5. The first-order valence-corrected chi connectivity index (χ1v) is 8.48. The van der Waals surface area contributed by atoms with Crippen LogP contribution in [0, 0.1) is 0 Å². The molecule has 0 amide bonds. The lowest BCUT2D eigenvalue weighted by Gasteiger charge is -2.08. The molecule has 9 heteroatoms. The summed E-state index contributed by atoms with van der Waals surface area (Å²) in [5.74, 6) is -0.543. The van der Waals surface area contributed by atoms with Crippen molar-refractivity contribution in [2.24, 2.45) is 7.05 Å². The lowest BCUT2D eigenvalue weighted by molar-refractivity contribution is 0.528. The van der Waals surface area contributed by atoms with Crippen LogP contribution in [0.2, 0.25) is 0 Å². The van der Waals surface area contributed by atoms with Crippen molar-refractivity contribution < 1.29 is 12.8 Å². The van der Waals surface area contributed by atoms with Gasteiger partial charge < -0.3 is 4.42 Å². The van der Waals surface area contributed by atoms with Crippen molar-refractivity contribution in [3.8, 4) is 0 Å². The van der Waals surface area contributed by atoms with Gasteiger partial charge in [0.1, 0.15) is 0 Å². The fraction of sp³-hybridized carbons (Fsp3) is 0.0667. The van der Waals surface area contributed by atoms with Crippen LogP contribution in [0.1, 0.15) is 0 Å². The van der Waals surface area contributed by atoms with Gasteiger partial charge in [-0.2, -0.15) is 5.10 Å². The Morgan fingerprint density at radius 2 is 2.00 bits per heavy atom. The summed E-state index contributed by atoms with van der Waals surface area (Å²) in [6, 6.07) is 9.32. The molecule has 122 valence electrons. The van der Waals surface area contributed by atoms with Crippen molar-refractivity contribution in [2.75, 3.05) is 4.72 Å². The van der Waals surface area contributed by atoms with Crippen LogP contribution in [-0.4, -0.2) is 22.6 Å². The van der Waals surface area contributed by atoms with Gasteiger partial charge in [0.2, 0.25) is 0 Å². The minimum absolute atomic E-state index is 0.0415. The molecule has 4 rings (SSSR count). The van der Waals surface area contributed by atoms with Gasteiger partial charge in [-0.05, 0) is 36.4 Å². The van der Waals surface area contributed by atoms with Gasteiger partial charge in [0, 0.05) is 19.4 Å². The van der Waals surface area contributed by atoms with E-state index in [0.29, 0.717) is 16.8 Å². The van der Waals surface area contributed by atoms with Crippen molar-refractivity contribution >= 4 is 32.3 Å². The summed E-state index contributed by atoms with van der Waals surface area (Å²) in [5.41, 5.74) is 1.93. The quantitative estimate of drug-likeness (QED) is 0.608. The lowest BCUT2D eigenvalue weighted by Crippen LogP contribution is -2.13. The van der Waals surface area contributed by atoms with Crippen molar-refractivity contribution in [1.29, 1.82) is 0 Å². The van der Waals surface area contributed by atoms with Crippen LogP contribution in [0.15, 0.2) is 62.9 Å². The van der Waals surface area contributed by atoms with Crippen LogP contribution in [0.3, 0.4) is 0 Å². The number of hydrogen-bond donors (Lipinski definition) is 1. The number of rotatable bonds is 3. The number of anilines is 1. The Balaban J connectivity index is 1.76. The van der Waals surface area contributed by atoms with Crippen molar-refractivity contribution in [3.05, 3.63) is 59.3 Å². The molecule has 0 atom stereocenters. The first kappa shape index (κ1) is 14.5. The average molecular weight is 344 g/mol. The minimum atomic E-state index is -3.80. The van der Waals surface area contributed by atoms with Crippen LogP contribution in [0.25, 0.3) is 16.6 Å². The largest absolute Gasteiger partial charge is 0.419 e. The first-order valence-electron chi connectivity index (χ1n) is 7.00. The standard InChI is InChI=1S/C15H12N4O4S/c1-18-13-9-12(2-3-14(13)23-15(18)20)24(21,22)17-10-5-7-19-11(8-10)4-6-16-19/h2-9,17H,1H3. The molecule has 0 spiro atoms. The second-order valence-electron chi connectivity index (χ2n) is 5.28. The zero-order chi connectivity index (χ0) is 16.9. The second kappa shape index (κ2) is 4.96. The molecule has 0 saturated carbocycles. The van der Waals surface area contributed by atoms with Gasteiger partial charge >= 0.3 is 5.76 Å². The van der Waals surface area contributed by atoms with Gasteiger partial charge in [0.15, 0.2) is 5.58 Å². The molecule has 4 aromatic rings. The molecular weight excluding hydrogens is 332 g/mol. The molecule has 0 fully saturated rings. The minimum Gasteiger partial charge on any atom is -0.408 e. The number of aromatic nitrogens is 3. The van der Waals surface area contributed by atoms with Crippen LogP contribution in [-0.2, 0) is 17.1 Å². The van der Waals surface area contributed by atoms with Crippen molar-refractivity contribution in [2.45, 2.75) is 4.90 Å². The summed E-state index contributed by atoms with van der Waals surface area (Å²) >= 11 is 0. The number of nitrogens with one attached hydrogen (secondary N) is 1. The maximum atomic E-state index is 12.6. The topological polar surface area (TPSA) is 98.6 Å². The summed E-state index contributed by atoms with van der Waals surface area (Å²) in [7, 11) is -2.28. The Hall–Kier alpha value is -3.07. The van der Waals surface area contributed by atoms with Crippen LogP contribution in [0.5, 0.6) is 0 Å². The van der Waals surface area contributed by atoms with Gasteiger partial charge in [-0.25, -0.2) is 17.7 Å². The lowest BCUT2D eigenvalue weighted by atomic mass is 10.3. The normalized spacial score (nSPS) is 12.0. The van der Waals surface area contributed by atoms with Gasteiger partial charge in [0.25, 0.3) is 10.0 Å². The molecule has 0 bridgehead atoms. The SMILES string of the molecule is Cn1c(=O)oc2ccc(S(=O)(=O)Nc3ccn4nccc4c3)cc21. The maximum absolute atomic E-state index is 12.6. The summed E-state index contributed by atoms with van der Waals surface area (Å²) in [6.07, 6.45) is 3.29. The van der Waals surface area contributed by atoms with E-state index in [1.807, 2.05) is 0 Å². The third kappa shape index (κ3) is 2.26. The monoisotopic (exact) mass is 344 g/mol. The first-order chi connectivity index (χ1) is 11.4. The molecule has 0 saturated heterocycles. The Bertz CT molecular complexity index is 1230. The van der Waals surface area contributed by atoms with Crippen molar-refractivity contribution in [3.63, 3.8) is 0 Å². The summed E-state index contributed by atoms with van der Waals surface area (Å²) in [5, 5.41) is 4.06. The van der Waals surface area contributed by atoms with E-state index in [-0.39, 0.29) is 4.90 Å². The molecular formula is C15H12N4O4S. The molecule has 1 aromatic carbocycles. The predicted molar refractivity (Wildman–Crippen MR) is 87.5 cm³/mol. The van der Waals surface area contributed by atoms with E-state index in [0.717, 1.165) is 5.52 Å². The predicted octanol–water partition coefficient (Wildman–Crippen LogP) is 1.58. The molecule has 0 aliphatic rings. The molecule has 3 heterocycles. The van der Waals surface area contributed by atoms with Gasteiger partial charge in [-0.15, -0.1) is 0 Å². The van der Waals surface area contributed by atoms with Gasteiger partial charge in [-0.3, -0.25) is 9.29 Å². The molecule has 3 aromatic heterocycles. The van der Waals surface area contributed by atoms with E-state index in [1.54, 1.807) is 35.1 Å². The zero-order valence-corrected chi connectivity index (χ0v) is 13.3. The fourth-order valence-electron chi connectivity index (χ4n) is 2.47. The zero-order valence-electron chi connectivity index (χ0n) is 12.5. The number of fused-ring (bicyclic) bond motifs is 2. The Kier molecular flexibility index (Phi) is 3.00. The third-order valence-corrected chi connectivity index (χ3v) is 5.10. The fourth-order valence-corrected chi connectivity index (χ4v) is 3.54. The highest BCUT2D eigenvalue weighted by atomic mass is 32.2.